The molecule has 0 amide bonds. The van der Waals surface area contributed by atoms with Gasteiger partial charge in [0.2, 0.25) is 0 Å². The monoisotopic (exact) mass is 322 g/mol. The summed E-state index contributed by atoms with van der Waals surface area (Å²) < 4.78 is 23.0. The van der Waals surface area contributed by atoms with Gasteiger partial charge in [0.25, 0.3) is 0 Å². The lowest BCUT2D eigenvalue weighted by Gasteiger charge is -2.47. The fourth-order valence-corrected chi connectivity index (χ4v) is 18.0. The molecule has 1 saturated heterocycles. The number of hydrogen-bond acceptors (Lipinski definition) is 4. The Hall–Kier alpha value is 0.491. The Bertz CT molecular complexity index is 288. The normalized spacial score (nSPS) is 31.4. The summed E-state index contributed by atoms with van der Waals surface area (Å²) >= 11 is 0. The Kier molecular flexibility index (Phi) is 6.01. The van der Waals surface area contributed by atoms with Gasteiger partial charge in [-0.3, -0.25) is 0 Å². The molecule has 0 bridgehead atoms. The highest BCUT2D eigenvalue weighted by Gasteiger charge is 2.52. The van der Waals surface area contributed by atoms with Crippen molar-refractivity contribution in [3.05, 3.63) is 0 Å². The van der Waals surface area contributed by atoms with Gasteiger partial charge in [-0.1, -0.05) is 18.6 Å². The van der Waals surface area contributed by atoms with E-state index in [2.05, 4.69) is 26.6 Å². The zero-order valence-corrected chi connectivity index (χ0v) is 16.5. The van der Waals surface area contributed by atoms with E-state index >= 15 is 0 Å². The van der Waals surface area contributed by atoms with Crippen molar-refractivity contribution in [2.45, 2.75) is 57.2 Å². The molecule has 7 heteroatoms. The van der Waals surface area contributed by atoms with Crippen molar-refractivity contribution in [1.29, 1.82) is 0 Å². The average molecular weight is 323 g/mol. The zero-order chi connectivity index (χ0) is 14.7. The van der Waals surface area contributed by atoms with Crippen LogP contribution in [-0.2, 0) is 17.7 Å². The maximum Gasteiger partial charge on any atom is 0.499 e. The summed E-state index contributed by atoms with van der Waals surface area (Å²) in [4.78, 5) is 0. The quantitative estimate of drug-likeness (QED) is 0.704. The Balaban J connectivity index is 2.74. The molecule has 1 aliphatic heterocycles. The standard InChI is InChI=1S/C12H30O4Si3/c1-12-8-9-18(7,17(5,6)16-12)10-11-19(13-2,14-3)15-4/h12H,8-11H2,1-7H3. The highest BCUT2D eigenvalue weighted by molar-refractivity contribution is 7.39. The zero-order valence-electron chi connectivity index (χ0n) is 13.5. The molecule has 0 spiro atoms. The predicted octanol–water partition coefficient (Wildman–Crippen LogP) is 3.04. The summed E-state index contributed by atoms with van der Waals surface area (Å²) in [6.45, 7) is 9.50. The predicted molar refractivity (Wildman–Crippen MR) is 85.5 cm³/mol. The second-order valence-corrected chi connectivity index (χ2v) is 24.0. The molecule has 1 rings (SSSR count). The second kappa shape index (κ2) is 6.50. The molecule has 1 fully saturated rings. The molecule has 0 aromatic carbocycles. The van der Waals surface area contributed by atoms with E-state index in [9.17, 15) is 0 Å². The van der Waals surface area contributed by atoms with Crippen LogP contribution in [0.25, 0.3) is 0 Å². The summed E-state index contributed by atoms with van der Waals surface area (Å²) in [6, 6.07) is 3.49. The van der Waals surface area contributed by atoms with Gasteiger partial charge in [0.15, 0.2) is 7.83 Å². The van der Waals surface area contributed by atoms with E-state index in [1.165, 1.54) is 18.5 Å². The Labute approximate surface area is 121 Å². The first kappa shape index (κ1) is 17.5. The third kappa shape index (κ3) is 3.78. The summed E-state index contributed by atoms with van der Waals surface area (Å²) in [5.41, 5.74) is 0. The van der Waals surface area contributed by atoms with Crippen LogP contribution in [-0.4, -0.2) is 51.7 Å². The van der Waals surface area contributed by atoms with Gasteiger partial charge in [-0.25, -0.2) is 0 Å². The summed E-state index contributed by atoms with van der Waals surface area (Å²) in [7, 11) is -0.232. The van der Waals surface area contributed by atoms with Crippen LogP contribution in [0.2, 0.25) is 37.8 Å². The first-order valence-corrected chi connectivity index (χ1v) is 15.8. The fourth-order valence-electron chi connectivity index (χ4n) is 2.94. The van der Waals surface area contributed by atoms with E-state index in [0.29, 0.717) is 6.10 Å². The lowest BCUT2D eigenvalue weighted by atomic mass is 10.3. The van der Waals surface area contributed by atoms with Crippen molar-refractivity contribution in [2.75, 3.05) is 21.3 Å². The Morgan fingerprint density at radius 1 is 1.11 bits per heavy atom. The molecule has 0 saturated carbocycles. The van der Waals surface area contributed by atoms with Gasteiger partial charge in [-0.15, -0.1) is 0 Å². The van der Waals surface area contributed by atoms with Crippen LogP contribution >= 0.6 is 0 Å². The molecule has 1 aliphatic rings. The van der Waals surface area contributed by atoms with E-state index in [1.54, 1.807) is 21.3 Å². The molecule has 19 heavy (non-hydrogen) atoms. The molecule has 0 N–H and O–H groups in total. The molecular weight excluding hydrogens is 292 g/mol. The molecule has 1 heterocycles. The van der Waals surface area contributed by atoms with Crippen molar-refractivity contribution in [3.8, 4) is 0 Å². The molecule has 4 nitrogen and oxygen atoms in total. The van der Waals surface area contributed by atoms with E-state index in [1.807, 2.05) is 0 Å². The minimum Gasteiger partial charge on any atom is -0.417 e. The van der Waals surface area contributed by atoms with Crippen LogP contribution in [0.5, 0.6) is 0 Å². The van der Waals surface area contributed by atoms with Crippen LogP contribution < -0.4 is 0 Å². The largest absolute Gasteiger partial charge is 0.499 e. The number of hydrogen-bond donors (Lipinski definition) is 0. The molecule has 0 aromatic heterocycles. The topological polar surface area (TPSA) is 36.9 Å². The van der Waals surface area contributed by atoms with Crippen LogP contribution in [0.4, 0.5) is 0 Å². The maximum absolute atomic E-state index is 6.35. The van der Waals surface area contributed by atoms with Crippen molar-refractivity contribution in [3.63, 3.8) is 0 Å². The third-order valence-corrected chi connectivity index (χ3v) is 25.4. The average Bonchev–Trinajstić information content (AvgIpc) is 2.37. The highest BCUT2D eigenvalue weighted by atomic mass is 29.3. The highest BCUT2D eigenvalue weighted by Crippen LogP contribution is 2.38. The molecule has 2 atom stereocenters. The van der Waals surface area contributed by atoms with Gasteiger partial charge in [0, 0.05) is 33.5 Å². The van der Waals surface area contributed by atoms with Gasteiger partial charge in [-0.05, 0) is 26.4 Å². The SMILES string of the molecule is CO[Si](CC[Si]1(C)CCC(C)O[Si]1(C)C)(OC)OC. The minimum absolute atomic E-state index is 0.441. The van der Waals surface area contributed by atoms with Crippen LogP contribution in [0, 0.1) is 0 Å². The Morgan fingerprint density at radius 2 is 1.63 bits per heavy atom. The first-order valence-electron chi connectivity index (χ1n) is 7.07. The molecule has 114 valence electrons. The van der Waals surface area contributed by atoms with E-state index in [-0.39, 0.29) is 0 Å². The summed E-state index contributed by atoms with van der Waals surface area (Å²) in [6.07, 6.45) is 1.65. The molecule has 0 aliphatic carbocycles. The van der Waals surface area contributed by atoms with E-state index in [0.717, 1.165) is 6.04 Å². The minimum atomic E-state index is -2.43. The summed E-state index contributed by atoms with van der Waals surface area (Å²) in [5.74, 6) is 0. The third-order valence-electron chi connectivity index (χ3n) is 4.97. The fraction of sp³-hybridized carbons (Fsp3) is 1.00. The lowest BCUT2D eigenvalue weighted by molar-refractivity contribution is 0.125. The van der Waals surface area contributed by atoms with Gasteiger partial charge >= 0.3 is 8.80 Å². The Morgan fingerprint density at radius 3 is 2.05 bits per heavy atom. The molecule has 0 radical (unpaired) electrons. The first-order chi connectivity index (χ1) is 8.74. The van der Waals surface area contributed by atoms with E-state index < -0.39 is 24.2 Å². The van der Waals surface area contributed by atoms with Crippen LogP contribution in [0.15, 0.2) is 0 Å². The van der Waals surface area contributed by atoms with Gasteiger partial charge < -0.3 is 17.7 Å². The van der Waals surface area contributed by atoms with Crippen LogP contribution in [0.3, 0.4) is 0 Å². The van der Waals surface area contributed by atoms with Crippen molar-refractivity contribution in [1.82, 2.24) is 0 Å². The van der Waals surface area contributed by atoms with Gasteiger partial charge in [0.05, 0.1) is 7.59 Å². The lowest BCUT2D eigenvalue weighted by Crippen LogP contribution is -2.63. The van der Waals surface area contributed by atoms with Crippen molar-refractivity contribution < 1.29 is 17.7 Å². The van der Waals surface area contributed by atoms with Crippen LogP contribution in [0.1, 0.15) is 13.3 Å². The molecule has 2 unspecified atom stereocenters. The summed E-state index contributed by atoms with van der Waals surface area (Å²) in [5, 5.41) is 0. The van der Waals surface area contributed by atoms with Crippen molar-refractivity contribution >= 4 is 24.2 Å². The smallest absolute Gasteiger partial charge is 0.417 e. The van der Waals surface area contributed by atoms with E-state index in [4.69, 9.17) is 17.7 Å². The van der Waals surface area contributed by atoms with Gasteiger partial charge in [0.1, 0.15) is 0 Å². The second-order valence-electron chi connectivity index (χ2n) is 6.33. The molecule has 0 aromatic rings. The molecular formula is C12H30O4Si3. The van der Waals surface area contributed by atoms with Gasteiger partial charge in [-0.2, -0.15) is 0 Å². The number of rotatable bonds is 6. The van der Waals surface area contributed by atoms with Crippen molar-refractivity contribution in [2.24, 2.45) is 0 Å². The maximum atomic E-state index is 6.35.